The lowest BCUT2D eigenvalue weighted by Crippen LogP contribution is -2.44. The van der Waals surface area contributed by atoms with E-state index >= 15 is 0 Å². The molecule has 1 aromatic rings. The molecule has 102 valence electrons. The number of phenols is 1. The van der Waals surface area contributed by atoms with Crippen LogP contribution in [0, 0.1) is 0 Å². The first-order valence-electron chi connectivity index (χ1n) is 6.30. The van der Waals surface area contributed by atoms with Crippen molar-refractivity contribution >= 4 is 15.9 Å². The third-order valence-electron chi connectivity index (χ3n) is 3.54. The van der Waals surface area contributed by atoms with Crippen LogP contribution in [0.1, 0.15) is 5.56 Å². The summed E-state index contributed by atoms with van der Waals surface area (Å²) in [5, 5.41) is 13.0. The highest BCUT2D eigenvalue weighted by molar-refractivity contribution is 7.96. The molecule has 2 N–H and O–H groups in total. The number of phenolic OH excluding ortho intramolecular Hbond substituents is 1. The fourth-order valence-corrected chi connectivity index (χ4v) is 4.23. The van der Waals surface area contributed by atoms with Gasteiger partial charge in [-0.15, -0.1) is 0 Å². The Morgan fingerprint density at radius 3 is 2.68 bits per heavy atom. The molecule has 5 nitrogen and oxygen atoms in total. The van der Waals surface area contributed by atoms with Gasteiger partial charge in [0.05, 0.1) is 4.91 Å². The van der Waals surface area contributed by atoms with Gasteiger partial charge in [0.1, 0.15) is 10.6 Å². The van der Waals surface area contributed by atoms with E-state index in [9.17, 15) is 13.5 Å². The number of hydrogen-bond acceptors (Lipinski definition) is 5. The largest absolute Gasteiger partial charge is 0.507 e. The Morgan fingerprint density at radius 2 is 2.00 bits per heavy atom. The van der Waals surface area contributed by atoms with Crippen LogP contribution in [0.5, 0.6) is 5.75 Å². The summed E-state index contributed by atoms with van der Waals surface area (Å²) in [5.41, 5.74) is 0.588. The Hall–Kier alpha value is -1.37. The molecule has 0 amide bonds. The minimum Gasteiger partial charge on any atom is -0.507 e. The molecule has 3 rings (SSSR count). The Bertz CT molecular complexity index is 631. The van der Waals surface area contributed by atoms with Gasteiger partial charge in [-0.1, -0.05) is 12.1 Å². The summed E-state index contributed by atoms with van der Waals surface area (Å²) in [4.78, 5) is 2.55. The van der Waals surface area contributed by atoms with Crippen LogP contribution < -0.4 is 5.32 Å². The molecular weight excluding hydrogens is 264 g/mol. The molecule has 2 heterocycles. The fraction of sp³-hybridized carbons (Fsp3) is 0.385. The second-order valence-electron chi connectivity index (χ2n) is 4.84. The van der Waals surface area contributed by atoms with Crippen LogP contribution in [0.2, 0.25) is 0 Å². The van der Waals surface area contributed by atoms with Gasteiger partial charge in [-0.2, -0.15) is 0 Å². The molecular formula is C13H16N2O3S. The third-order valence-corrected chi connectivity index (χ3v) is 5.46. The minimum atomic E-state index is -3.53. The molecule has 6 heteroatoms. The lowest BCUT2D eigenvalue weighted by Gasteiger charge is -2.27. The van der Waals surface area contributed by atoms with E-state index in [2.05, 4.69) is 10.2 Å². The van der Waals surface area contributed by atoms with Crippen LogP contribution in [0.3, 0.4) is 0 Å². The van der Waals surface area contributed by atoms with E-state index in [0.29, 0.717) is 17.0 Å². The first-order chi connectivity index (χ1) is 9.09. The van der Waals surface area contributed by atoms with Crippen LogP contribution in [0.25, 0.3) is 6.08 Å². The number of nitrogens with one attached hydrogen (secondary N) is 1. The van der Waals surface area contributed by atoms with Gasteiger partial charge in [-0.05, 0) is 17.7 Å². The highest BCUT2D eigenvalue weighted by Crippen LogP contribution is 2.38. The molecule has 0 aromatic heterocycles. The van der Waals surface area contributed by atoms with Gasteiger partial charge in [0, 0.05) is 32.7 Å². The zero-order chi connectivity index (χ0) is 13.5. The number of rotatable bonds is 2. The van der Waals surface area contributed by atoms with Gasteiger partial charge in [0.15, 0.2) is 0 Å². The number of aromatic hydroxyl groups is 1. The number of hydrogen-bond donors (Lipinski definition) is 2. The minimum absolute atomic E-state index is 0.0557. The Kier molecular flexibility index (Phi) is 3.08. The Labute approximate surface area is 112 Å². The van der Waals surface area contributed by atoms with Gasteiger partial charge < -0.3 is 10.4 Å². The maximum Gasteiger partial charge on any atom is 0.208 e. The van der Waals surface area contributed by atoms with Crippen molar-refractivity contribution in [3.05, 3.63) is 28.7 Å². The summed E-state index contributed by atoms with van der Waals surface area (Å²) in [6, 6.07) is 4.79. The molecule has 0 aliphatic carbocycles. The number of sulfone groups is 1. The average molecular weight is 280 g/mol. The van der Waals surface area contributed by atoms with Crippen molar-refractivity contribution in [1.29, 1.82) is 0 Å². The van der Waals surface area contributed by atoms with Crippen molar-refractivity contribution in [3.8, 4) is 5.75 Å². The van der Waals surface area contributed by atoms with Gasteiger partial charge in [0.2, 0.25) is 9.84 Å². The van der Waals surface area contributed by atoms with E-state index in [-0.39, 0.29) is 10.6 Å². The molecule has 0 atom stereocenters. The summed E-state index contributed by atoms with van der Waals surface area (Å²) < 4.78 is 24.8. The standard InChI is InChI=1S/C13H16N2O3S/c16-12-3-1-2-10-8-11(19(17,18)13(10)12)9-15-6-4-14-5-7-15/h1-3,8,14,16H,4-7,9H2. The molecule has 0 unspecified atom stereocenters. The Morgan fingerprint density at radius 1 is 1.26 bits per heavy atom. The molecule has 1 saturated heterocycles. The van der Waals surface area contributed by atoms with Gasteiger partial charge >= 0.3 is 0 Å². The molecule has 0 bridgehead atoms. The van der Waals surface area contributed by atoms with Crippen LogP contribution >= 0.6 is 0 Å². The molecule has 2 aliphatic rings. The van der Waals surface area contributed by atoms with Crippen LogP contribution in [0.15, 0.2) is 28.0 Å². The van der Waals surface area contributed by atoms with Crippen LogP contribution in [-0.2, 0) is 9.84 Å². The van der Waals surface area contributed by atoms with Crippen LogP contribution in [-0.4, -0.2) is 51.1 Å². The molecule has 2 aliphatic heterocycles. The molecule has 0 spiro atoms. The fourth-order valence-electron chi connectivity index (χ4n) is 2.55. The van der Waals surface area contributed by atoms with Gasteiger partial charge in [0.25, 0.3) is 0 Å². The van der Waals surface area contributed by atoms with E-state index in [0.717, 1.165) is 26.2 Å². The molecule has 1 fully saturated rings. The van der Waals surface area contributed by atoms with Crippen molar-refractivity contribution in [3.63, 3.8) is 0 Å². The van der Waals surface area contributed by atoms with E-state index in [4.69, 9.17) is 0 Å². The first kappa shape index (κ1) is 12.7. The van der Waals surface area contributed by atoms with E-state index in [1.165, 1.54) is 6.07 Å². The third kappa shape index (κ3) is 2.16. The number of benzene rings is 1. The normalized spacial score (nSPS) is 22.0. The van der Waals surface area contributed by atoms with E-state index in [1.54, 1.807) is 18.2 Å². The predicted octanol–water partition coefficient (Wildman–Crippen LogP) is 0.426. The maximum atomic E-state index is 12.4. The maximum absolute atomic E-state index is 12.4. The van der Waals surface area contributed by atoms with Crippen molar-refractivity contribution < 1.29 is 13.5 Å². The van der Waals surface area contributed by atoms with Crippen molar-refractivity contribution in [2.75, 3.05) is 32.7 Å². The van der Waals surface area contributed by atoms with Gasteiger partial charge in [-0.25, -0.2) is 8.42 Å². The molecule has 1 aromatic carbocycles. The first-order valence-corrected chi connectivity index (χ1v) is 7.78. The summed E-state index contributed by atoms with van der Waals surface area (Å²) in [7, 11) is -3.53. The summed E-state index contributed by atoms with van der Waals surface area (Å²) in [6.07, 6.45) is 1.67. The highest BCUT2D eigenvalue weighted by Gasteiger charge is 2.33. The zero-order valence-electron chi connectivity index (χ0n) is 10.5. The predicted molar refractivity (Wildman–Crippen MR) is 72.6 cm³/mol. The Balaban J connectivity index is 1.91. The zero-order valence-corrected chi connectivity index (χ0v) is 11.3. The van der Waals surface area contributed by atoms with E-state index < -0.39 is 9.84 Å². The highest BCUT2D eigenvalue weighted by atomic mass is 32.2. The summed E-state index contributed by atoms with van der Waals surface area (Å²) in [5.74, 6) is -0.163. The SMILES string of the molecule is O=S1(=O)C(CN2CCNCC2)=Cc2cccc(O)c21. The number of nitrogens with zero attached hydrogens (tertiary/aromatic N) is 1. The second kappa shape index (κ2) is 4.63. The van der Waals surface area contributed by atoms with Crippen LogP contribution in [0.4, 0.5) is 0 Å². The monoisotopic (exact) mass is 280 g/mol. The second-order valence-corrected chi connectivity index (χ2v) is 6.78. The molecule has 0 radical (unpaired) electrons. The van der Waals surface area contributed by atoms with Gasteiger partial charge in [-0.3, -0.25) is 4.90 Å². The lowest BCUT2D eigenvalue weighted by atomic mass is 10.2. The summed E-state index contributed by atoms with van der Waals surface area (Å²) >= 11 is 0. The lowest BCUT2D eigenvalue weighted by molar-refractivity contribution is 0.263. The van der Waals surface area contributed by atoms with Crippen molar-refractivity contribution in [1.82, 2.24) is 10.2 Å². The molecule has 0 saturated carbocycles. The number of fused-ring (bicyclic) bond motifs is 1. The number of piperazine rings is 1. The average Bonchev–Trinajstić information content (AvgIpc) is 2.63. The van der Waals surface area contributed by atoms with Crippen molar-refractivity contribution in [2.24, 2.45) is 0 Å². The summed E-state index contributed by atoms with van der Waals surface area (Å²) in [6.45, 7) is 3.86. The van der Waals surface area contributed by atoms with Crippen molar-refractivity contribution in [2.45, 2.75) is 4.90 Å². The quantitative estimate of drug-likeness (QED) is 0.822. The topological polar surface area (TPSA) is 69.6 Å². The van der Waals surface area contributed by atoms with E-state index in [1.807, 2.05) is 0 Å². The molecule has 19 heavy (non-hydrogen) atoms. The smallest absolute Gasteiger partial charge is 0.208 e.